The Morgan fingerprint density at radius 2 is 2.15 bits per heavy atom. The Morgan fingerprint density at radius 3 is 2.77 bits per heavy atom. The molecule has 0 saturated heterocycles. The maximum Gasteiger partial charge on any atom is 0.286 e. The summed E-state index contributed by atoms with van der Waals surface area (Å²) < 4.78 is 12.6. The number of hydrogen-bond acceptors (Lipinski definition) is 4. The monoisotopic (exact) mass is 421 g/mol. The summed E-state index contributed by atoms with van der Waals surface area (Å²) in [6, 6.07) is 7.97. The number of nitrogens with one attached hydrogen (secondary N) is 1. The molecule has 3 atom stereocenters. The van der Waals surface area contributed by atoms with Gasteiger partial charge in [-0.2, -0.15) is 0 Å². The summed E-state index contributed by atoms with van der Waals surface area (Å²) in [5.74, 6) is 2.17. The average molecular weight is 422 g/mol. The van der Waals surface area contributed by atoms with Crippen molar-refractivity contribution in [3.8, 4) is 12.3 Å². The van der Waals surface area contributed by atoms with Crippen LogP contribution in [0.4, 0.5) is 0 Å². The van der Waals surface area contributed by atoms with Gasteiger partial charge in [0.1, 0.15) is 0 Å². The highest BCUT2D eigenvalue weighted by Gasteiger charge is 2.37. The van der Waals surface area contributed by atoms with Crippen molar-refractivity contribution >= 4 is 21.8 Å². The van der Waals surface area contributed by atoms with E-state index in [4.69, 9.17) is 15.9 Å². The highest BCUT2D eigenvalue weighted by Crippen LogP contribution is 2.39. The number of terminal acetylenes is 1. The first-order valence-corrected chi connectivity index (χ1v) is 9.48. The van der Waals surface area contributed by atoms with Crippen LogP contribution in [0.15, 0.2) is 40.6 Å². The number of amides is 1. The minimum atomic E-state index is -0.559. The zero-order valence-corrected chi connectivity index (χ0v) is 16.4. The molecule has 5 nitrogen and oxygen atoms in total. The first-order valence-electron chi connectivity index (χ1n) is 8.68. The molecule has 140 valence electrons. The van der Waals surface area contributed by atoms with Gasteiger partial charge in [0.25, 0.3) is 5.91 Å². The smallest absolute Gasteiger partial charge is 0.286 e. The highest BCUT2D eigenvalue weighted by atomic mass is 79.9. The fourth-order valence-electron chi connectivity index (χ4n) is 3.05. The van der Waals surface area contributed by atoms with E-state index in [-0.39, 0.29) is 36.7 Å². The number of benzene rings is 1. The molecule has 0 saturated carbocycles. The molecule has 0 unspecified atom stereocenters. The molecule has 0 aromatic heterocycles. The molecule has 26 heavy (non-hydrogen) atoms. The molecule has 1 amide bonds. The van der Waals surface area contributed by atoms with E-state index in [2.05, 4.69) is 27.2 Å². The first-order chi connectivity index (χ1) is 12.6. The Labute approximate surface area is 162 Å². The molecule has 1 aromatic rings. The van der Waals surface area contributed by atoms with Gasteiger partial charge in [-0.1, -0.05) is 34.0 Å². The maximum atomic E-state index is 12.4. The lowest BCUT2D eigenvalue weighted by Crippen LogP contribution is -2.39. The van der Waals surface area contributed by atoms with E-state index >= 15 is 0 Å². The van der Waals surface area contributed by atoms with Crippen molar-refractivity contribution in [1.29, 1.82) is 0 Å². The number of rotatable bonds is 8. The van der Waals surface area contributed by atoms with Crippen LogP contribution >= 0.6 is 15.9 Å². The number of allylic oxidation sites excluding steroid dienone is 1. The van der Waals surface area contributed by atoms with Gasteiger partial charge in [0, 0.05) is 29.5 Å². The maximum absolute atomic E-state index is 12.4. The number of carbonyl (C=O) groups excluding carboxylic acids is 1. The fourth-order valence-corrected chi connectivity index (χ4v) is 3.31. The second-order valence-corrected chi connectivity index (χ2v) is 6.88. The fraction of sp³-hybridized carbons (Fsp3) is 0.450. The summed E-state index contributed by atoms with van der Waals surface area (Å²) in [6.07, 6.45) is 7.84. The molecule has 1 aromatic carbocycles. The number of carbonyl (C=O) groups is 1. The molecular formula is C20H24BrNO4. The lowest BCUT2D eigenvalue weighted by Gasteiger charge is -2.37. The number of aliphatic hydroxyl groups excluding tert-OH is 1. The van der Waals surface area contributed by atoms with E-state index in [9.17, 15) is 9.90 Å². The van der Waals surface area contributed by atoms with Crippen molar-refractivity contribution in [3.63, 3.8) is 0 Å². The Balaban J connectivity index is 2.37. The van der Waals surface area contributed by atoms with Crippen LogP contribution in [0.1, 0.15) is 31.2 Å². The largest absolute Gasteiger partial charge is 0.459 e. The molecule has 1 aliphatic rings. The van der Waals surface area contributed by atoms with E-state index in [1.54, 1.807) is 0 Å². The Kier molecular flexibility index (Phi) is 8.17. The molecular weight excluding hydrogens is 398 g/mol. The van der Waals surface area contributed by atoms with Crippen LogP contribution in [0.5, 0.6) is 0 Å². The second-order valence-electron chi connectivity index (χ2n) is 5.97. The van der Waals surface area contributed by atoms with Crippen LogP contribution in [0.3, 0.4) is 0 Å². The Bertz CT molecular complexity index is 665. The van der Waals surface area contributed by atoms with E-state index in [1.807, 2.05) is 37.3 Å². The van der Waals surface area contributed by atoms with Gasteiger partial charge in [-0.05, 0) is 43.5 Å². The molecule has 0 fully saturated rings. The quantitative estimate of drug-likeness (QED) is 0.633. The van der Waals surface area contributed by atoms with Gasteiger partial charge >= 0.3 is 0 Å². The van der Waals surface area contributed by atoms with E-state index in [0.29, 0.717) is 13.0 Å². The third kappa shape index (κ3) is 5.34. The lowest BCUT2D eigenvalue weighted by molar-refractivity contribution is -0.166. The van der Waals surface area contributed by atoms with Crippen LogP contribution in [-0.2, 0) is 14.3 Å². The normalized spacial score (nSPS) is 22.1. The predicted molar refractivity (Wildman–Crippen MR) is 103 cm³/mol. The first kappa shape index (κ1) is 20.5. The average Bonchev–Trinajstić information content (AvgIpc) is 2.65. The van der Waals surface area contributed by atoms with Gasteiger partial charge < -0.3 is 19.9 Å². The molecule has 2 rings (SSSR count). The number of halogens is 1. The van der Waals surface area contributed by atoms with Crippen molar-refractivity contribution < 1.29 is 19.4 Å². The van der Waals surface area contributed by atoms with Crippen molar-refractivity contribution in [2.24, 2.45) is 5.92 Å². The van der Waals surface area contributed by atoms with Crippen LogP contribution in [0.25, 0.3) is 0 Å². The molecule has 1 aliphatic heterocycles. The summed E-state index contributed by atoms with van der Waals surface area (Å²) in [5.41, 5.74) is 1.06. The third-order valence-electron chi connectivity index (χ3n) is 4.24. The van der Waals surface area contributed by atoms with E-state index in [0.717, 1.165) is 16.5 Å². The predicted octanol–water partition coefficient (Wildman–Crippen LogP) is 2.95. The number of aliphatic hydroxyl groups is 1. The van der Waals surface area contributed by atoms with E-state index in [1.165, 1.54) is 0 Å². The van der Waals surface area contributed by atoms with Gasteiger partial charge in [-0.15, -0.1) is 6.42 Å². The summed E-state index contributed by atoms with van der Waals surface area (Å²) in [5, 5.41) is 11.9. The molecule has 6 heteroatoms. The molecule has 2 N–H and O–H groups in total. The molecule has 0 aliphatic carbocycles. The van der Waals surface area contributed by atoms with Crippen molar-refractivity contribution in [3.05, 3.63) is 46.1 Å². The van der Waals surface area contributed by atoms with Crippen LogP contribution in [0.2, 0.25) is 0 Å². The van der Waals surface area contributed by atoms with Crippen LogP contribution in [0, 0.1) is 18.3 Å². The summed E-state index contributed by atoms with van der Waals surface area (Å²) >= 11 is 3.45. The summed E-state index contributed by atoms with van der Waals surface area (Å²) in [4.78, 5) is 12.4. The molecule has 0 radical (unpaired) electrons. The zero-order valence-electron chi connectivity index (χ0n) is 14.8. The Morgan fingerprint density at radius 1 is 1.42 bits per heavy atom. The molecule has 0 bridgehead atoms. The van der Waals surface area contributed by atoms with Crippen molar-refractivity contribution in [1.82, 2.24) is 5.32 Å². The summed E-state index contributed by atoms with van der Waals surface area (Å²) in [6.45, 7) is 2.58. The van der Waals surface area contributed by atoms with Crippen LogP contribution in [-0.4, -0.2) is 37.1 Å². The SMILES string of the molecule is C#CCNC(=O)C1=C[C@@H](c2ccc(Br)cc2)[C@@H](CCCO)[C@@H](OCC)O1. The summed E-state index contributed by atoms with van der Waals surface area (Å²) in [7, 11) is 0. The van der Waals surface area contributed by atoms with Gasteiger partial charge in [-0.25, -0.2) is 0 Å². The topological polar surface area (TPSA) is 67.8 Å². The number of hydrogen-bond donors (Lipinski definition) is 2. The minimum absolute atomic E-state index is 0.00698. The van der Waals surface area contributed by atoms with Crippen LogP contribution < -0.4 is 5.32 Å². The highest BCUT2D eigenvalue weighted by molar-refractivity contribution is 9.10. The van der Waals surface area contributed by atoms with Gasteiger partial charge in [-0.3, -0.25) is 4.79 Å². The second kappa shape index (κ2) is 10.4. The number of ether oxygens (including phenoxy) is 2. The standard InChI is InChI=1S/C20H24BrNO4/c1-3-11-22-19(24)18-13-17(14-7-9-15(21)10-8-14)16(6-5-12-23)20(26-18)25-4-2/h1,7-10,13,16-17,20,23H,4-6,11-12H2,2H3,(H,22,24)/t16-,17+,20+/m1/s1. The van der Waals surface area contributed by atoms with Crippen molar-refractivity contribution in [2.45, 2.75) is 32.0 Å². The molecule has 0 spiro atoms. The third-order valence-corrected chi connectivity index (χ3v) is 4.77. The van der Waals surface area contributed by atoms with Gasteiger partial charge in [0.15, 0.2) is 5.76 Å². The molecule has 1 heterocycles. The van der Waals surface area contributed by atoms with E-state index < -0.39 is 6.29 Å². The van der Waals surface area contributed by atoms with Gasteiger partial charge in [0.2, 0.25) is 6.29 Å². The Hall–Kier alpha value is -1.81. The van der Waals surface area contributed by atoms with Crippen molar-refractivity contribution in [2.75, 3.05) is 19.8 Å². The lowest BCUT2D eigenvalue weighted by atomic mass is 9.80. The minimum Gasteiger partial charge on any atom is -0.459 e. The zero-order chi connectivity index (χ0) is 18.9. The van der Waals surface area contributed by atoms with Gasteiger partial charge in [0.05, 0.1) is 6.54 Å².